The van der Waals surface area contributed by atoms with Crippen LogP contribution in [0.5, 0.6) is 0 Å². The van der Waals surface area contributed by atoms with Gasteiger partial charge in [-0.25, -0.2) is 0 Å². The van der Waals surface area contributed by atoms with Crippen molar-refractivity contribution in [2.45, 2.75) is 0 Å². The Morgan fingerprint density at radius 3 is 2.54 bits per heavy atom. The highest BCUT2D eigenvalue weighted by atomic mass is 79.9. The van der Waals surface area contributed by atoms with E-state index < -0.39 is 10.8 Å². The summed E-state index contributed by atoms with van der Waals surface area (Å²) in [5, 5.41) is 10.4. The summed E-state index contributed by atoms with van der Waals surface area (Å²) in [5.41, 5.74) is 4.92. The predicted octanol–water partition coefficient (Wildman–Crippen LogP) is 1.46. The van der Waals surface area contributed by atoms with Crippen LogP contribution in [-0.4, -0.2) is 10.8 Å². The van der Waals surface area contributed by atoms with E-state index in [0.29, 0.717) is 4.47 Å². The summed E-state index contributed by atoms with van der Waals surface area (Å²) in [6.45, 7) is 0. The van der Waals surface area contributed by atoms with Gasteiger partial charge in [0.05, 0.1) is 4.92 Å². The maximum Gasteiger partial charge on any atom is 0.271 e. The molecule has 1 rings (SSSR count). The van der Waals surface area contributed by atoms with Gasteiger partial charge in [0.15, 0.2) is 0 Å². The Kier molecular flexibility index (Phi) is 2.62. The quantitative estimate of drug-likeness (QED) is 0.631. The molecule has 0 unspecified atom stereocenters. The van der Waals surface area contributed by atoms with E-state index in [2.05, 4.69) is 15.9 Å². The lowest BCUT2D eigenvalue weighted by Gasteiger charge is -1.97. The number of amides is 1. The van der Waals surface area contributed by atoms with Gasteiger partial charge in [-0.3, -0.25) is 14.9 Å². The second-order valence-corrected chi connectivity index (χ2v) is 3.24. The third-order valence-corrected chi connectivity index (χ3v) is 1.84. The minimum absolute atomic E-state index is 0.112. The van der Waals surface area contributed by atoms with E-state index in [9.17, 15) is 14.9 Å². The average molecular weight is 245 g/mol. The van der Waals surface area contributed by atoms with Crippen LogP contribution in [0.3, 0.4) is 0 Å². The molecule has 0 saturated carbocycles. The number of primary amides is 1. The van der Waals surface area contributed by atoms with Gasteiger partial charge < -0.3 is 5.73 Å². The molecule has 0 spiro atoms. The smallest absolute Gasteiger partial charge is 0.271 e. The van der Waals surface area contributed by atoms with Crippen LogP contribution in [0.15, 0.2) is 22.7 Å². The molecule has 0 bridgehead atoms. The minimum Gasteiger partial charge on any atom is -0.366 e. The van der Waals surface area contributed by atoms with E-state index >= 15 is 0 Å². The van der Waals surface area contributed by atoms with Gasteiger partial charge in [-0.2, -0.15) is 0 Å². The Labute approximate surface area is 81.8 Å². The lowest BCUT2D eigenvalue weighted by Crippen LogP contribution is -2.11. The molecule has 0 saturated heterocycles. The van der Waals surface area contributed by atoms with Crippen molar-refractivity contribution in [1.82, 2.24) is 0 Å². The molecule has 0 aliphatic rings. The molecule has 1 amide bonds. The van der Waals surface area contributed by atoms with E-state index in [0.717, 1.165) is 6.07 Å². The van der Waals surface area contributed by atoms with Crippen molar-refractivity contribution in [3.05, 3.63) is 38.3 Å². The normalized spacial score (nSPS) is 9.62. The second-order valence-electron chi connectivity index (χ2n) is 2.32. The fourth-order valence-corrected chi connectivity index (χ4v) is 1.30. The monoisotopic (exact) mass is 244 g/mol. The molecule has 2 N–H and O–H groups in total. The first-order valence-electron chi connectivity index (χ1n) is 3.25. The van der Waals surface area contributed by atoms with E-state index in [1.54, 1.807) is 0 Å². The van der Waals surface area contributed by atoms with E-state index in [1.807, 2.05) is 0 Å². The highest BCUT2D eigenvalue weighted by molar-refractivity contribution is 9.10. The number of carbonyl (C=O) groups excluding carboxylic acids is 1. The van der Waals surface area contributed by atoms with Crippen molar-refractivity contribution >= 4 is 27.5 Å². The van der Waals surface area contributed by atoms with Crippen LogP contribution in [0.25, 0.3) is 0 Å². The summed E-state index contributed by atoms with van der Waals surface area (Å²) in [7, 11) is 0. The van der Waals surface area contributed by atoms with Crippen LogP contribution in [0, 0.1) is 10.1 Å². The van der Waals surface area contributed by atoms with Gasteiger partial charge in [-0.05, 0) is 6.07 Å². The van der Waals surface area contributed by atoms with Gasteiger partial charge in [-0.1, -0.05) is 15.9 Å². The van der Waals surface area contributed by atoms with Crippen molar-refractivity contribution in [3.8, 4) is 0 Å². The molecule has 0 aromatic heterocycles. The number of hydrogen-bond donors (Lipinski definition) is 1. The number of hydrogen-bond acceptors (Lipinski definition) is 3. The molecule has 0 heterocycles. The highest BCUT2D eigenvalue weighted by Gasteiger charge is 2.11. The van der Waals surface area contributed by atoms with Crippen LogP contribution >= 0.6 is 15.9 Å². The van der Waals surface area contributed by atoms with Crippen LogP contribution in [0.2, 0.25) is 0 Å². The zero-order valence-electron chi connectivity index (χ0n) is 6.36. The molecule has 0 aliphatic carbocycles. The highest BCUT2D eigenvalue weighted by Crippen LogP contribution is 2.20. The van der Waals surface area contributed by atoms with Crippen molar-refractivity contribution in [2.24, 2.45) is 5.73 Å². The number of nitrogens with zero attached hydrogens (tertiary/aromatic N) is 1. The Balaban J connectivity index is 3.26. The largest absolute Gasteiger partial charge is 0.366 e. The molecule has 13 heavy (non-hydrogen) atoms. The molecule has 0 aliphatic heterocycles. The first-order chi connectivity index (χ1) is 6.00. The van der Waals surface area contributed by atoms with Gasteiger partial charge in [0, 0.05) is 22.2 Å². The topological polar surface area (TPSA) is 86.2 Å². The number of nitrogens with two attached hydrogens (primary N) is 1. The minimum atomic E-state index is -0.690. The van der Waals surface area contributed by atoms with E-state index in [-0.39, 0.29) is 11.3 Å². The van der Waals surface area contributed by atoms with Crippen LogP contribution < -0.4 is 5.73 Å². The molecule has 1 aromatic rings. The summed E-state index contributed by atoms with van der Waals surface area (Å²) in [5.74, 6) is -0.690. The summed E-state index contributed by atoms with van der Waals surface area (Å²) in [6.07, 6.45) is 0. The Morgan fingerprint density at radius 1 is 1.46 bits per heavy atom. The van der Waals surface area contributed by atoms with E-state index in [1.165, 1.54) is 12.1 Å². The van der Waals surface area contributed by atoms with Crippen molar-refractivity contribution in [2.75, 3.05) is 0 Å². The van der Waals surface area contributed by atoms with Gasteiger partial charge in [-0.15, -0.1) is 0 Å². The molecule has 68 valence electrons. The molecule has 1 aromatic carbocycles. The van der Waals surface area contributed by atoms with E-state index in [4.69, 9.17) is 5.73 Å². The van der Waals surface area contributed by atoms with Gasteiger partial charge in [0.1, 0.15) is 0 Å². The SMILES string of the molecule is NC(=O)c1cc(Br)cc([N+](=O)[O-])c1. The van der Waals surface area contributed by atoms with Crippen LogP contribution in [-0.2, 0) is 0 Å². The fourth-order valence-electron chi connectivity index (χ4n) is 0.822. The first kappa shape index (κ1) is 9.66. The van der Waals surface area contributed by atoms with Crippen molar-refractivity contribution < 1.29 is 9.72 Å². The number of halogens is 1. The Hall–Kier alpha value is -1.43. The second kappa shape index (κ2) is 3.53. The summed E-state index contributed by atoms with van der Waals surface area (Å²) in [4.78, 5) is 20.5. The molecular formula is C7H5BrN2O3. The molecule has 0 fully saturated rings. The number of nitro groups is 1. The van der Waals surface area contributed by atoms with Gasteiger partial charge in [0.2, 0.25) is 5.91 Å². The summed E-state index contributed by atoms with van der Waals surface area (Å²) < 4.78 is 0.454. The lowest BCUT2D eigenvalue weighted by molar-refractivity contribution is -0.384. The molecule has 0 radical (unpaired) electrons. The molecule has 0 atom stereocenters. The number of rotatable bonds is 2. The maximum absolute atomic E-state index is 10.7. The Bertz CT molecular complexity index is 346. The average Bonchev–Trinajstić information content (AvgIpc) is 2.03. The zero-order chi connectivity index (χ0) is 10.0. The first-order valence-corrected chi connectivity index (χ1v) is 4.05. The fraction of sp³-hybridized carbons (Fsp3) is 0. The predicted molar refractivity (Wildman–Crippen MR) is 49.3 cm³/mol. The van der Waals surface area contributed by atoms with Gasteiger partial charge >= 0.3 is 0 Å². The third-order valence-electron chi connectivity index (χ3n) is 1.38. The van der Waals surface area contributed by atoms with Crippen LogP contribution in [0.4, 0.5) is 5.69 Å². The molecule has 6 heteroatoms. The standard InChI is InChI=1S/C7H5BrN2O3/c8-5-1-4(7(9)11)2-6(3-5)10(12)13/h1-3H,(H2,9,11). The number of nitro benzene ring substituents is 1. The van der Waals surface area contributed by atoms with Gasteiger partial charge in [0.25, 0.3) is 5.69 Å². The molecule has 5 nitrogen and oxygen atoms in total. The van der Waals surface area contributed by atoms with Crippen LogP contribution in [0.1, 0.15) is 10.4 Å². The summed E-state index contributed by atoms with van der Waals surface area (Å²) >= 11 is 3.04. The number of carbonyl (C=O) groups is 1. The zero-order valence-corrected chi connectivity index (χ0v) is 7.95. The summed E-state index contributed by atoms with van der Waals surface area (Å²) in [6, 6.07) is 3.86. The third kappa shape index (κ3) is 2.25. The maximum atomic E-state index is 10.7. The number of non-ortho nitro benzene ring substituents is 1. The van der Waals surface area contributed by atoms with Crippen molar-refractivity contribution in [1.29, 1.82) is 0 Å². The Morgan fingerprint density at radius 2 is 2.08 bits per heavy atom. The lowest BCUT2D eigenvalue weighted by atomic mass is 10.2. The van der Waals surface area contributed by atoms with Crippen molar-refractivity contribution in [3.63, 3.8) is 0 Å². The molecular weight excluding hydrogens is 240 g/mol. The number of benzene rings is 1.